The first-order valence-corrected chi connectivity index (χ1v) is 5.26. The lowest BCUT2D eigenvalue weighted by Gasteiger charge is -2.03. The smallest absolute Gasteiger partial charge is 0.241 e. The van der Waals surface area contributed by atoms with Gasteiger partial charge in [-0.3, -0.25) is 9.48 Å². The summed E-state index contributed by atoms with van der Waals surface area (Å²) in [5.41, 5.74) is 5.44. The van der Waals surface area contributed by atoms with E-state index < -0.39 is 0 Å². The minimum atomic E-state index is -0.0809. The Morgan fingerprint density at radius 2 is 2.47 bits per heavy atom. The van der Waals surface area contributed by atoms with Crippen LogP contribution in [0.1, 0.15) is 19.8 Å². The molecule has 5 nitrogen and oxygen atoms in total. The van der Waals surface area contributed by atoms with Gasteiger partial charge in [0.25, 0.3) is 0 Å². The zero-order chi connectivity index (χ0) is 11.3. The Balaban J connectivity index is 2.37. The second-order valence-electron chi connectivity index (χ2n) is 3.26. The predicted molar refractivity (Wildman–Crippen MR) is 59.6 cm³/mol. The van der Waals surface area contributed by atoms with Gasteiger partial charge in [-0.25, -0.2) is 0 Å². The van der Waals surface area contributed by atoms with Crippen molar-refractivity contribution in [3.63, 3.8) is 0 Å². The molecule has 0 bridgehead atoms. The van der Waals surface area contributed by atoms with Crippen molar-refractivity contribution in [1.29, 1.82) is 0 Å². The van der Waals surface area contributed by atoms with Crippen LogP contribution in [0.15, 0.2) is 6.20 Å². The summed E-state index contributed by atoms with van der Waals surface area (Å²) in [5.74, 6) is 0.167. The zero-order valence-corrected chi connectivity index (χ0v) is 9.42. The molecule has 1 aromatic rings. The summed E-state index contributed by atoms with van der Waals surface area (Å²) in [6, 6.07) is 0. The second kappa shape index (κ2) is 5.60. The predicted octanol–water partition coefficient (Wildman–Crippen LogP) is 1.03. The van der Waals surface area contributed by atoms with E-state index in [9.17, 15) is 4.79 Å². The van der Waals surface area contributed by atoms with Crippen LogP contribution in [-0.2, 0) is 11.3 Å². The molecular weight excluding hydrogens is 216 g/mol. The molecule has 84 valence electrons. The molecule has 0 aromatic carbocycles. The standard InChI is InChI=1S/C9H15ClN4O/c1-2-3-4-12-8(15)6-14-5-7(10)9(11)13-14/h5H,2-4,6H2,1H3,(H2,11,13)(H,12,15). The van der Waals surface area contributed by atoms with Crippen molar-refractivity contribution in [3.8, 4) is 0 Å². The second-order valence-corrected chi connectivity index (χ2v) is 3.67. The summed E-state index contributed by atoms with van der Waals surface area (Å²) in [6.07, 6.45) is 3.57. The molecule has 1 amide bonds. The number of amides is 1. The third kappa shape index (κ3) is 3.79. The van der Waals surface area contributed by atoms with Crippen LogP contribution >= 0.6 is 11.6 Å². The largest absolute Gasteiger partial charge is 0.381 e. The molecule has 0 aliphatic rings. The lowest BCUT2D eigenvalue weighted by atomic mass is 10.3. The van der Waals surface area contributed by atoms with Gasteiger partial charge in [0.05, 0.1) is 0 Å². The average Bonchev–Trinajstić information content (AvgIpc) is 2.46. The number of nitrogens with zero attached hydrogens (tertiary/aromatic N) is 2. The van der Waals surface area contributed by atoms with Gasteiger partial charge in [-0.2, -0.15) is 5.10 Å². The molecule has 3 N–H and O–H groups in total. The Morgan fingerprint density at radius 1 is 1.73 bits per heavy atom. The van der Waals surface area contributed by atoms with Gasteiger partial charge in [-0.15, -0.1) is 0 Å². The van der Waals surface area contributed by atoms with Gasteiger partial charge in [-0.1, -0.05) is 24.9 Å². The molecule has 0 spiro atoms. The minimum Gasteiger partial charge on any atom is -0.381 e. The highest BCUT2D eigenvalue weighted by Crippen LogP contribution is 2.14. The molecule has 0 atom stereocenters. The fourth-order valence-corrected chi connectivity index (χ4v) is 1.25. The van der Waals surface area contributed by atoms with Crippen LogP contribution in [0.2, 0.25) is 5.02 Å². The summed E-state index contributed by atoms with van der Waals surface area (Å²) in [4.78, 5) is 11.4. The summed E-state index contributed by atoms with van der Waals surface area (Å²) in [7, 11) is 0. The number of rotatable bonds is 5. The van der Waals surface area contributed by atoms with Crippen molar-refractivity contribution < 1.29 is 4.79 Å². The molecule has 6 heteroatoms. The number of nitrogens with two attached hydrogens (primary N) is 1. The molecule has 0 saturated heterocycles. The van der Waals surface area contributed by atoms with Gasteiger partial charge >= 0.3 is 0 Å². The number of hydrogen-bond acceptors (Lipinski definition) is 3. The topological polar surface area (TPSA) is 72.9 Å². The number of anilines is 1. The number of unbranched alkanes of at least 4 members (excludes halogenated alkanes) is 1. The van der Waals surface area contributed by atoms with Crippen LogP contribution in [0.3, 0.4) is 0 Å². The molecule has 1 rings (SSSR count). The molecule has 0 unspecified atom stereocenters. The third-order valence-corrected chi connectivity index (χ3v) is 2.19. The van der Waals surface area contributed by atoms with Gasteiger partial charge in [0.2, 0.25) is 5.91 Å². The maximum atomic E-state index is 11.4. The van der Waals surface area contributed by atoms with Crippen molar-refractivity contribution in [3.05, 3.63) is 11.2 Å². The van der Waals surface area contributed by atoms with Gasteiger partial charge in [0, 0.05) is 12.7 Å². The Morgan fingerprint density at radius 3 is 3.00 bits per heavy atom. The molecular formula is C9H15ClN4O. The summed E-state index contributed by atoms with van der Waals surface area (Å²) >= 11 is 5.70. The molecule has 0 fully saturated rings. The first kappa shape index (κ1) is 11.8. The van der Waals surface area contributed by atoms with Crippen molar-refractivity contribution in [2.75, 3.05) is 12.3 Å². The van der Waals surface area contributed by atoms with Crippen LogP contribution in [0.5, 0.6) is 0 Å². The van der Waals surface area contributed by atoms with E-state index in [1.54, 1.807) is 0 Å². The number of hydrogen-bond donors (Lipinski definition) is 2. The quantitative estimate of drug-likeness (QED) is 0.743. The molecule has 0 saturated carbocycles. The van der Waals surface area contributed by atoms with Crippen LogP contribution in [0.25, 0.3) is 0 Å². The third-order valence-electron chi connectivity index (χ3n) is 1.90. The van der Waals surface area contributed by atoms with Crippen LogP contribution in [0, 0.1) is 0 Å². The lowest BCUT2D eigenvalue weighted by molar-refractivity contribution is -0.121. The summed E-state index contributed by atoms with van der Waals surface area (Å²) < 4.78 is 1.43. The molecule has 1 aromatic heterocycles. The number of nitrogens with one attached hydrogen (secondary N) is 1. The Bertz CT molecular complexity index is 317. The van der Waals surface area contributed by atoms with E-state index in [2.05, 4.69) is 17.3 Å². The van der Waals surface area contributed by atoms with Crippen LogP contribution in [0.4, 0.5) is 5.82 Å². The highest BCUT2D eigenvalue weighted by atomic mass is 35.5. The number of halogens is 1. The highest BCUT2D eigenvalue weighted by molar-refractivity contribution is 6.32. The van der Waals surface area contributed by atoms with E-state index >= 15 is 0 Å². The van der Waals surface area contributed by atoms with Crippen molar-refractivity contribution in [1.82, 2.24) is 15.1 Å². The number of carbonyl (C=O) groups is 1. The SMILES string of the molecule is CCCCNC(=O)Cn1cc(Cl)c(N)n1. The molecule has 15 heavy (non-hydrogen) atoms. The maximum absolute atomic E-state index is 11.4. The number of aromatic nitrogens is 2. The lowest BCUT2D eigenvalue weighted by Crippen LogP contribution is -2.28. The zero-order valence-electron chi connectivity index (χ0n) is 8.66. The van der Waals surface area contributed by atoms with Gasteiger partial charge in [-0.05, 0) is 6.42 Å². The van der Waals surface area contributed by atoms with Gasteiger partial charge < -0.3 is 11.1 Å². The van der Waals surface area contributed by atoms with Gasteiger partial charge in [0.1, 0.15) is 11.6 Å². The molecule has 0 radical (unpaired) electrons. The first-order chi connectivity index (χ1) is 7.13. The number of carbonyl (C=O) groups excluding carboxylic acids is 1. The van der Waals surface area contributed by atoms with E-state index in [0.717, 1.165) is 12.8 Å². The Kier molecular flexibility index (Phi) is 4.42. The minimum absolute atomic E-state index is 0.0809. The summed E-state index contributed by atoms with van der Waals surface area (Å²) in [6.45, 7) is 2.92. The molecule has 0 aliphatic heterocycles. The van der Waals surface area contributed by atoms with E-state index in [1.165, 1.54) is 10.9 Å². The molecule has 1 heterocycles. The monoisotopic (exact) mass is 230 g/mol. The van der Waals surface area contributed by atoms with Crippen molar-refractivity contribution in [2.45, 2.75) is 26.3 Å². The van der Waals surface area contributed by atoms with E-state index in [0.29, 0.717) is 11.6 Å². The van der Waals surface area contributed by atoms with Crippen molar-refractivity contribution >= 4 is 23.3 Å². The fourth-order valence-electron chi connectivity index (χ4n) is 1.10. The highest BCUT2D eigenvalue weighted by Gasteiger charge is 2.06. The van der Waals surface area contributed by atoms with E-state index in [4.69, 9.17) is 17.3 Å². The van der Waals surface area contributed by atoms with Gasteiger partial charge in [0.15, 0.2) is 5.82 Å². The van der Waals surface area contributed by atoms with Crippen LogP contribution in [-0.4, -0.2) is 22.2 Å². The fraction of sp³-hybridized carbons (Fsp3) is 0.556. The molecule has 0 aliphatic carbocycles. The average molecular weight is 231 g/mol. The summed E-state index contributed by atoms with van der Waals surface area (Å²) in [5, 5.41) is 7.03. The van der Waals surface area contributed by atoms with Crippen molar-refractivity contribution in [2.24, 2.45) is 0 Å². The van der Waals surface area contributed by atoms with E-state index in [-0.39, 0.29) is 18.3 Å². The Hall–Kier alpha value is -1.23. The normalized spacial score (nSPS) is 10.3. The maximum Gasteiger partial charge on any atom is 0.241 e. The van der Waals surface area contributed by atoms with E-state index in [1.807, 2.05) is 0 Å². The number of nitrogen functional groups attached to an aromatic ring is 1. The van der Waals surface area contributed by atoms with Crippen LogP contribution < -0.4 is 11.1 Å². The Labute approximate surface area is 93.6 Å². The first-order valence-electron chi connectivity index (χ1n) is 4.88.